The molecule has 0 heterocycles. The van der Waals surface area contributed by atoms with Gasteiger partial charge in [0, 0.05) is 5.56 Å². The molecule has 2 rings (SSSR count). The molecule has 0 saturated carbocycles. The first-order chi connectivity index (χ1) is 9.88. The fourth-order valence-corrected chi connectivity index (χ4v) is 2.43. The maximum atomic E-state index is 12.4. The predicted octanol–water partition coefficient (Wildman–Crippen LogP) is 5.10. The van der Waals surface area contributed by atoms with Crippen molar-refractivity contribution in [2.24, 2.45) is 0 Å². The van der Waals surface area contributed by atoms with Gasteiger partial charge in [0.15, 0.2) is 0 Å². The van der Waals surface area contributed by atoms with Crippen LogP contribution in [0.3, 0.4) is 0 Å². The van der Waals surface area contributed by atoms with Gasteiger partial charge in [0.05, 0.1) is 16.1 Å². The lowest BCUT2D eigenvalue weighted by molar-refractivity contribution is 0.0939. The first kappa shape index (κ1) is 15.9. The number of aryl methyl sites for hydroxylation is 2. The molecule has 2 nitrogen and oxygen atoms in total. The van der Waals surface area contributed by atoms with E-state index in [0.717, 1.165) is 16.7 Å². The molecule has 21 heavy (non-hydrogen) atoms. The van der Waals surface area contributed by atoms with Gasteiger partial charge in [-0.15, -0.1) is 0 Å². The lowest BCUT2D eigenvalue weighted by Crippen LogP contribution is -2.27. The van der Waals surface area contributed by atoms with E-state index in [4.69, 9.17) is 23.2 Å². The summed E-state index contributed by atoms with van der Waals surface area (Å²) < 4.78 is 0. The molecule has 0 unspecified atom stereocenters. The van der Waals surface area contributed by atoms with Crippen molar-refractivity contribution in [2.75, 3.05) is 0 Å². The predicted molar refractivity (Wildman–Crippen MR) is 88.3 cm³/mol. The topological polar surface area (TPSA) is 29.1 Å². The minimum absolute atomic E-state index is 0.0882. The van der Waals surface area contributed by atoms with Crippen LogP contribution in [0.4, 0.5) is 0 Å². The lowest BCUT2D eigenvalue weighted by Gasteiger charge is -2.16. The summed E-state index contributed by atoms with van der Waals surface area (Å²) in [7, 11) is 0. The molecule has 2 aromatic rings. The first-order valence-electron chi connectivity index (χ1n) is 6.71. The Morgan fingerprint density at radius 3 is 2.43 bits per heavy atom. The number of halogens is 2. The van der Waals surface area contributed by atoms with Crippen molar-refractivity contribution in [3.05, 3.63) is 68.7 Å². The molecule has 0 spiro atoms. The molecule has 0 aliphatic rings. The number of hydrogen-bond donors (Lipinski definition) is 1. The second-order valence-corrected chi connectivity index (χ2v) is 6.00. The van der Waals surface area contributed by atoms with Crippen LogP contribution in [0, 0.1) is 13.8 Å². The van der Waals surface area contributed by atoms with E-state index >= 15 is 0 Å². The fourth-order valence-electron chi connectivity index (χ4n) is 2.12. The standard InChI is InChI=1S/C17H17Cl2NO/c1-10-4-5-11(2)14(8-10)17(21)20-12(3)13-6-7-15(18)16(19)9-13/h4-9,12H,1-3H3,(H,20,21)/t12-/m1/s1. The smallest absolute Gasteiger partial charge is 0.252 e. The zero-order valence-corrected chi connectivity index (χ0v) is 13.7. The third-order valence-electron chi connectivity index (χ3n) is 3.43. The fraction of sp³-hybridized carbons (Fsp3) is 0.235. The van der Waals surface area contributed by atoms with Crippen LogP contribution in [0.25, 0.3) is 0 Å². The monoisotopic (exact) mass is 321 g/mol. The molecule has 2 aromatic carbocycles. The van der Waals surface area contributed by atoms with E-state index in [9.17, 15) is 4.79 Å². The highest BCUT2D eigenvalue weighted by molar-refractivity contribution is 6.42. The van der Waals surface area contributed by atoms with E-state index < -0.39 is 0 Å². The summed E-state index contributed by atoms with van der Waals surface area (Å²) in [6, 6.07) is 11.1. The third kappa shape index (κ3) is 3.78. The summed E-state index contributed by atoms with van der Waals surface area (Å²) in [6.07, 6.45) is 0. The van der Waals surface area contributed by atoms with Crippen molar-refractivity contribution in [2.45, 2.75) is 26.8 Å². The normalized spacial score (nSPS) is 12.0. The quantitative estimate of drug-likeness (QED) is 0.837. The number of carbonyl (C=O) groups is 1. The van der Waals surface area contributed by atoms with Crippen LogP contribution in [0.15, 0.2) is 36.4 Å². The highest BCUT2D eigenvalue weighted by atomic mass is 35.5. The average Bonchev–Trinajstić information content (AvgIpc) is 2.44. The molecule has 110 valence electrons. The summed E-state index contributed by atoms with van der Waals surface area (Å²) >= 11 is 11.9. The number of amides is 1. The highest BCUT2D eigenvalue weighted by Crippen LogP contribution is 2.25. The van der Waals surface area contributed by atoms with Crippen LogP contribution >= 0.6 is 23.2 Å². The molecule has 1 N–H and O–H groups in total. The molecule has 4 heteroatoms. The first-order valence-corrected chi connectivity index (χ1v) is 7.47. The average molecular weight is 322 g/mol. The molecule has 0 aliphatic heterocycles. The Balaban J connectivity index is 2.18. The maximum Gasteiger partial charge on any atom is 0.252 e. The van der Waals surface area contributed by atoms with E-state index in [1.165, 1.54) is 0 Å². The van der Waals surface area contributed by atoms with Crippen molar-refractivity contribution >= 4 is 29.1 Å². The minimum atomic E-state index is -0.146. The Labute approximate surface area is 135 Å². The van der Waals surface area contributed by atoms with Gasteiger partial charge in [0.2, 0.25) is 0 Å². The number of carbonyl (C=O) groups excluding carboxylic acids is 1. The maximum absolute atomic E-state index is 12.4. The van der Waals surface area contributed by atoms with Crippen LogP contribution in [0.5, 0.6) is 0 Å². The van der Waals surface area contributed by atoms with Crippen molar-refractivity contribution < 1.29 is 4.79 Å². The Morgan fingerprint density at radius 2 is 1.76 bits per heavy atom. The van der Waals surface area contributed by atoms with E-state index in [1.54, 1.807) is 12.1 Å². The molecule has 0 radical (unpaired) electrons. The second-order valence-electron chi connectivity index (χ2n) is 5.19. The van der Waals surface area contributed by atoms with E-state index in [0.29, 0.717) is 15.6 Å². The minimum Gasteiger partial charge on any atom is -0.346 e. The zero-order valence-electron chi connectivity index (χ0n) is 12.2. The van der Waals surface area contributed by atoms with Gasteiger partial charge >= 0.3 is 0 Å². The van der Waals surface area contributed by atoms with Crippen LogP contribution in [0.2, 0.25) is 10.0 Å². The van der Waals surface area contributed by atoms with Gasteiger partial charge in [-0.2, -0.15) is 0 Å². The van der Waals surface area contributed by atoms with E-state index in [-0.39, 0.29) is 11.9 Å². The largest absolute Gasteiger partial charge is 0.346 e. The Kier molecular flexibility index (Phi) is 4.92. The Morgan fingerprint density at radius 1 is 1.05 bits per heavy atom. The van der Waals surface area contributed by atoms with Crippen LogP contribution in [-0.4, -0.2) is 5.91 Å². The van der Waals surface area contributed by atoms with Crippen molar-refractivity contribution in [1.82, 2.24) is 5.32 Å². The van der Waals surface area contributed by atoms with Crippen molar-refractivity contribution in [3.63, 3.8) is 0 Å². The number of rotatable bonds is 3. The summed E-state index contributed by atoms with van der Waals surface area (Å²) in [5.74, 6) is -0.0882. The van der Waals surface area contributed by atoms with Crippen molar-refractivity contribution in [3.8, 4) is 0 Å². The molecule has 1 atom stereocenters. The number of benzene rings is 2. The van der Waals surface area contributed by atoms with Gasteiger partial charge in [0.1, 0.15) is 0 Å². The Bertz CT molecular complexity index is 682. The highest BCUT2D eigenvalue weighted by Gasteiger charge is 2.14. The van der Waals surface area contributed by atoms with Gasteiger partial charge in [-0.3, -0.25) is 4.79 Å². The van der Waals surface area contributed by atoms with Crippen LogP contribution in [-0.2, 0) is 0 Å². The SMILES string of the molecule is Cc1ccc(C)c(C(=O)N[C@H](C)c2ccc(Cl)c(Cl)c2)c1. The summed E-state index contributed by atoms with van der Waals surface area (Å²) in [5.41, 5.74) is 3.64. The Hall–Kier alpha value is -1.51. The van der Waals surface area contributed by atoms with Gasteiger partial charge in [-0.25, -0.2) is 0 Å². The molecule has 0 aromatic heterocycles. The van der Waals surface area contributed by atoms with Gasteiger partial charge < -0.3 is 5.32 Å². The van der Waals surface area contributed by atoms with Crippen LogP contribution in [0.1, 0.15) is 40.0 Å². The van der Waals surface area contributed by atoms with Crippen LogP contribution < -0.4 is 5.32 Å². The second kappa shape index (κ2) is 6.50. The third-order valence-corrected chi connectivity index (χ3v) is 4.17. The molecule has 0 aliphatic carbocycles. The summed E-state index contributed by atoms with van der Waals surface area (Å²) in [5, 5.41) is 3.98. The zero-order chi connectivity index (χ0) is 15.6. The lowest BCUT2D eigenvalue weighted by atomic mass is 10.0. The molecule has 0 fully saturated rings. The summed E-state index contributed by atoms with van der Waals surface area (Å²) in [6.45, 7) is 5.82. The van der Waals surface area contributed by atoms with E-state index in [1.807, 2.05) is 45.0 Å². The van der Waals surface area contributed by atoms with E-state index in [2.05, 4.69) is 5.32 Å². The molecular weight excluding hydrogens is 305 g/mol. The molecule has 1 amide bonds. The van der Waals surface area contributed by atoms with Gasteiger partial charge in [-0.05, 0) is 50.1 Å². The molecule has 0 bridgehead atoms. The molecular formula is C17H17Cl2NO. The van der Waals surface area contributed by atoms with Crippen molar-refractivity contribution in [1.29, 1.82) is 0 Å². The molecule has 0 saturated heterocycles. The number of nitrogens with one attached hydrogen (secondary N) is 1. The van der Waals surface area contributed by atoms with Gasteiger partial charge in [-0.1, -0.05) is 47.0 Å². The number of hydrogen-bond acceptors (Lipinski definition) is 1. The summed E-state index contributed by atoms with van der Waals surface area (Å²) in [4.78, 5) is 12.4. The van der Waals surface area contributed by atoms with Gasteiger partial charge in [0.25, 0.3) is 5.91 Å².